The number of rotatable bonds is 7. The normalized spacial score (nSPS) is 12.9. The Bertz CT molecular complexity index is 783. The van der Waals surface area contributed by atoms with E-state index in [1.807, 2.05) is 36.2 Å². The summed E-state index contributed by atoms with van der Waals surface area (Å²) in [5, 5.41) is 8.33. The van der Waals surface area contributed by atoms with E-state index in [0.29, 0.717) is 18.3 Å². The molecule has 2 rings (SSSR count). The van der Waals surface area contributed by atoms with Crippen molar-refractivity contribution in [1.29, 1.82) is 5.41 Å². The molecule has 2 aromatic rings. The molecule has 0 aliphatic heterocycles. The van der Waals surface area contributed by atoms with Crippen molar-refractivity contribution in [3.05, 3.63) is 71.2 Å². The number of allylic oxidation sites excluding steroid dienone is 2. The fourth-order valence-electron chi connectivity index (χ4n) is 3.07. The van der Waals surface area contributed by atoms with Crippen molar-refractivity contribution in [3.8, 4) is 0 Å². The molecule has 0 aliphatic carbocycles. The predicted molar refractivity (Wildman–Crippen MR) is 115 cm³/mol. The number of aromatic nitrogens is 1. The van der Waals surface area contributed by atoms with Crippen LogP contribution in [0.3, 0.4) is 0 Å². The second-order valence-corrected chi connectivity index (χ2v) is 7.46. The van der Waals surface area contributed by atoms with Gasteiger partial charge in [-0.05, 0) is 57.2 Å². The minimum atomic E-state index is 0.494. The molecule has 1 aromatic heterocycles. The van der Waals surface area contributed by atoms with Crippen LogP contribution in [0, 0.1) is 11.3 Å². The van der Waals surface area contributed by atoms with Gasteiger partial charge in [-0.3, -0.25) is 5.41 Å². The second-order valence-electron chi connectivity index (χ2n) is 7.46. The summed E-state index contributed by atoms with van der Waals surface area (Å²) in [5.41, 5.74) is 4.52. The first kappa shape index (κ1) is 20.7. The smallest absolute Gasteiger partial charge is 0.157 e. The summed E-state index contributed by atoms with van der Waals surface area (Å²) in [6.07, 6.45) is 3.80. The van der Waals surface area contributed by atoms with Crippen LogP contribution in [0.5, 0.6) is 0 Å². The van der Waals surface area contributed by atoms with Crippen LogP contribution in [0.4, 0.5) is 0 Å². The minimum absolute atomic E-state index is 0.494. The summed E-state index contributed by atoms with van der Waals surface area (Å²) in [7, 11) is 0. The number of aliphatic imine (C=N–C) groups is 1. The Hall–Kier alpha value is -2.62. The fraction of sp³-hybridized carbons (Fsp3) is 0.391. The third-order valence-corrected chi connectivity index (χ3v) is 4.57. The van der Waals surface area contributed by atoms with Crippen LogP contribution in [-0.2, 0) is 6.42 Å². The van der Waals surface area contributed by atoms with E-state index in [1.54, 1.807) is 0 Å². The third kappa shape index (κ3) is 6.24. The average Bonchev–Trinajstić information content (AvgIpc) is 3.15. The van der Waals surface area contributed by atoms with Crippen LogP contribution in [0.2, 0.25) is 0 Å². The van der Waals surface area contributed by atoms with E-state index in [0.717, 1.165) is 30.1 Å². The van der Waals surface area contributed by atoms with Gasteiger partial charge < -0.3 is 9.88 Å². The van der Waals surface area contributed by atoms with Crippen LogP contribution < -0.4 is 0 Å². The van der Waals surface area contributed by atoms with Crippen LogP contribution >= 0.6 is 0 Å². The molecule has 1 heterocycles. The molecule has 0 saturated heterocycles. The van der Waals surface area contributed by atoms with Crippen LogP contribution in [-0.4, -0.2) is 28.1 Å². The summed E-state index contributed by atoms with van der Waals surface area (Å²) in [6, 6.07) is 14.4. The Morgan fingerprint density at radius 3 is 2.33 bits per heavy atom. The Morgan fingerprint density at radius 1 is 1.07 bits per heavy atom. The van der Waals surface area contributed by atoms with E-state index < -0.39 is 0 Å². The standard InChI is InChI=1S/C23H32N4/c1-17(2)16-18(3)19(4)26-23(22-12-9-14-25-22)27(20(5)24)15-13-21-10-7-6-8-11-21/h6-12,14,17,24-25H,13,15-16H2,1-5H3/b19-18+,24-20?,26-23?. The summed E-state index contributed by atoms with van der Waals surface area (Å²) in [6.45, 7) is 11.2. The maximum absolute atomic E-state index is 8.33. The molecule has 0 fully saturated rings. The molecule has 0 amide bonds. The molecule has 144 valence electrons. The van der Waals surface area contributed by atoms with Crippen molar-refractivity contribution in [2.24, 2.45) is 10.9 Å². The molecule has 27 heavy (non-hydrogen) atoms. The molecule has 0 bridgehead atoms. The maximum Gasteiger partial charge on any atom is 0.157 e. The molecular weight excluding hydrogens is 332 g/mol. The zero-order valence-electron chi connectivity index (χ0n) is 17.2. The Morgan fingerprint density at radius 2 is 1.78 bits per heavy atom. The first-order chi connectivity index (χ1) is 12.9. The van der Waals surface area contributed by atoms with Crippen molar-refractivity contribution in [1.82, 2.24) is 9.88 Å². The first-order valence-electron chi connectivity index (χ1n) is 9.64. The molecule has 4 heteroatoms. The van der Waals surface area contributed by atoms with Gasteiger partial charge in [0.25, 0.3) is 0 Å². The van der Waals surface area contributed by atoms with Gasteiger partial charge in [-0.25, -0.2) is 4.99 Å². The zero-order valence-corrected chi connectivity index (χ0v) is 17.2. The largest absolute Gasteiger partial charge is 0.359 e. The maximum atomic E-state index is 8.33. The van der Waals surface area contributed by atoms with Crippen molar-refractivity contribution in [2.45, 2.75) is 47.5 Å². The number of benzene rings is 1. The average molecular weight is 365 g/mol. The van der Waals surface area contributed by atoms with E-state index in [1.165, 1.54) is 11.1 Å². The van der Waals surface area contributed by atoms with Gasteiger partial charge in [0, 0.05) is 18.4 Å². The van der Waals surface area contributed by atoms with Gasteiger partial charge in [-0.2, -0.15) is 0 Å². The number of H-pyrrole nitrogens is 1. The lowest BCUT2D eigenvalue weighted by Gasteiger charge is -2.25. The lowest BCUT2D eigenvalue weighted by Crippen LogP contribution is -2.37. The lowest BCUT2D eigenvalue weighted by molar-refractivity contribution is 0.595. The number of hydrogen-bond acceptors (Lipinski definition) is 2. The van der Waals surface area contributed by atoms with E-state index in [-0.39, 0.29) is 0 Å². The van der Waals surface area contributed by atoms with Crippen molar-refractivity contribution in [2.75, 3.05) is 6.54 Å². The van der Waals surface area contributed by atoms with E-state index in [2.05, 4.69) is 56.9 Å². The Kier molecular flexibility index (Phi) is 7.59. The van der Waals surface area contributed by atoms with Crippen molar-refractivity contribution in [3.63, 3.8) is 0 Å². The number of hydrogen-bond donors (Lipinski definition) is 2. The van der Waals surface area contributed by atoms with Gasteiger partial charge in [-0.15, -0.1) is 0 Å². The van der Waals surface area contributed by atoms with Gasteiger partial charge in [-0.1, -0.05) is 49.8 Å². The summed E-state index contributed by atoms with van der Waals surface area (Å²) in [4.78, 5) is 10.2. The van der Waals surface area contributed by atoms with Gasteiger partial charge in [0.2, 0.25) is 0 Å². The monoisotopic (exact) mass is 364 g/mol. The van der Waals surface area contributed by atoms with Crippen molar-refractivity contribution >= 4 is 11.7 Å². The Labute approximate surface area is 163 Å². The van der Waals surface area contributed by atoms with E-state index in [4.69, 9.17) is 10.4 Å². The Balaban J connectivity index is 2.35. The second kappa shape index (κ2) is 9.91. The van der Waals surface area contributed by atoms with Crippen LogP contribution in [0.1, 0.15) is 52.3 Å². The molecule has 0 radical (unpaired) electrons. The van der Waals surface area contributed by atoms with Gasteiger partial charge >= 0.3 is 0 Å². The van der Waals surface area contributed by atoms with Gasteiger partial charge in [0.05, 0.1) is 11.5 Å². The fourth-order valence-corrected chi connectivity index (χ4v) is 3.07. The van der Waals surface area contributed by atoms with E-state index in [9.17, 15) is 0 Å². The predicted octanol–water partition coefficient (Wildman–Crippen LogP) is 5.64. The molecule has 0 unspecified atom stereocenters. The molecule has 0 saturated carbocycles. The van der Waals surface area contributed by atoms with Crippen molar-refractivity contribution < 1.29 is 0 Å². The lowest BCUT2D eigenvalue weighted by atomic mass is 10.0. The molecule has 4 nitrogen and oxygen atoms in total. The summed E-state index contributed by atoms with van der Waals surface area (Å²) >= 11 is 0. The highest BCUT2D eigenvalue weighted by atomic mass is 15.2. The van der Waals surface area contributed by atoms with Gasteiger partial charge in [0.1, 0.15) is 0 Å². The molecule has 2 N–H and O–H groups in total. The number of nitrogens with one attached hydrogen (secondary N) is 2. The first-order valence-corrected chi connectivity index (χ1v) is 9.64. The number of aromatic amines is 1. The van der Waals surface area contributed by atoms with Crippen LogP contribution in [0.25, 0.3) is 0 Å². The third-order valence-electron chi connectivity index (χ3n) is 4.57. The summed E-state index contributed by atoms with van der Waals surface area (Å²) in [5.74, 6) is 1.90. The molecule has 0 atom stereocenters. The molecule has 0 spiro atoms. The van der Waals surface area contributed by atoms with E-state index >= 15 is 0 Å². The molecule has 1 aromatic carbocycles. The SMILES string of the molecule is CC(=N)N(CCc1ccccc1)C(=N/C(C)=C(\C)CC(C)C)c1ccc[nH]1. The minimum Gasteiger partial charge on any atom is -0.359 e. The van der Waals surface area contributed by atoms with Gasteiger partial charge in [0.15, 0.2) is 5.84 Å². The molecular formula is C23H32N4. The zero-order chi connectivity index (χ0) is 19.8. The van der Waals surface area contributed by atoms with Crippen LogP contribution in [0.15, 0.2) is 64.9 Å². The highest BCUT2D eigenvalue weighted by Crippen LogP contribution is 2.17. The highest BCUT2D eigenvalue weighted by Gasteiger charge is 2.17. The highest BCUT2D eigenvalue weighted by molar-refractivity contribution is 6.07. The topological polar surface area (TPSA) is 55.2 Å². The molecule has 0 aliphatic rings. The number of nitrogens with zero attached hydrogens (tertiary/aromatic N) is 2. The number of amidine groups is 2. The summed E-state index contributed by atoms with van der Waals surface area (Å²) < 4.78 is 0. The quantitative estimate of drug-likeness (QED) is 0.484.